The fourth-order valence-electron chi connectivity index (χ4n) is 2.81. The Morgan fingerprint density at radius 2 is 1.96 bits per heavy atom. The first-order chi connectivity index (χ1) is 11.5. The zero-order chi connectivity index (χ0) is 17.5. The minimum Gasteiger partial charge on any atom is -0.478 e. The Labute approximate surface area is 138 Å². The zero-order valence-corrected chi connectivity index (χ0v) is 12.8. The second-order valence-electron chi connectivity index (χ2n) is 5.56. The molecule has 1 fully saturated rings. The van der Waals surface area contributed by atoms with Crippen molar-refractivity contribution in [2.45, 2.75) is 6.42 Å². The third-order valence-electron chi connectivity index (χ3n) is 3.90. The van der Waals surface area contributed by atoms with Gasteiger partial charge in [0.25, 0.3) is 0 Å². The summed E-state index contributed by atoms with van der Waals surface area (Å²) >= 11 is 0. The largest absolute Gasteiger partial charge is 0.478 e. The number of carbonyl (C=O) groups is 2. The van der Waals surface area contributed by atoms with E-state index in [1.54, 1.807) is 6.20 Å². The molecule has 0 spiro atoms. The molecule has 24 heavy (non-hydrogen) atoms. The molecule has 7 heteroatoms. The van der Waals surface area contributed by atoms with Crippen molar-refractivity contribution in [1.29, 1.82) is 5.26 Å². The van der Waals surface area contributed by atoms with Crippen molar-refractivity contribution in [3.63, 3.8) is 0 Å². The second kappa shape index (κ2) is 8.04. The number of aliphatic carboxylic acids is 2. The van der Waals surface area contributed by atoms with E-state index in [9.17, 15) is 9.59 Å². The lowest BCUT2D eigenvalue weighted by Crippen LogP contribution is -2.09. The van der Waals surface area contributed by atoms with Gasteiger partial charge in [-0.2, -0.15) is 5.26 Å². The molecule has 0 saturated carbocycles. The highest BCUT2D eigenvalue weighted by Gasteiger charge is 2.31. The maximum atomic E-state index is 9.55. The fraction of sp³-hybridized carbons (Fsp3) is 0.294. The topological polar surface area (TPSA) is 123 Å². The van der Waals surface area contributed by atoms with Crippen molar-refractivity contribution in [2.24, 2.45) is 11.8 Å². The Morgan fingerprint density at radius 1 is 1.25 bits per heavy atom. The van der Waals surface area contributed by atoms with Crippen LogP contribution in [0, 0.1) is 23.2 Å². The summed E-state index contributed by atoms with van der Waals surface area (Å²) in [4.78, 5) is 23.2. The van der Waals surface area contributed by atoms with Crippen LogP contribution in [0.1, 0.15) is 17.5 Å². The second-order valence-corrected chi connectivity index (χ2v) is 5.56. The van der Waals surface area contributed by atoms with Crippen molar-refractivity contribution in [2.75, 3.05) is 13.1 Å². The van der Waals surface area contributed by atoms with Crippen LogP contribution >= 0.6 is 0 Å². The molecule has 2 atom stereocenters. The molecule has 0 bridgehead atoms. The number of nitrogens with zero attached hydrogens (tertiary/aromatic N) is 2. The van der Waals surface area contributed by atoms with Crippen LogP contribution in [0.3, 0.4) is 0 Å². The van der Waals surface area contributed by atoms with Crippen LogP contribution in [0.15, 0.2) is 36.7 Å². The van der Waals surface area contributed by atoms with Gasteiger partial charge >= 0.3 is 11.9 Å². The predicted molar refractivity (Wildman–Crippen MR) is 85.8 cm³/mol. The third kappa shape index (κ3) is 4.76. The Bertz CT molecular complexity index is 718. The van der Waals surface area contributed by atoms with Crippen molar-refractivity contribution in [3.05, 3.63) is 47.8 Å². The van der Waals surface area contributed by atoms with Crippen LogP contribution in [-0.2, 0) is 9.59 Å². The highest BCUT2D eigenvalue weighted by atomic mass is 16.4. The quantitative estimate of drug-likeness (QED) is 0.715. The minimum absolute atomic E-state index is 0.558. The molecule has 0 amide bonds. The summed E-state index contributed by atoms with van der Waals surface area (Å²) in [5.74, 6) is -1.08. The summed E-state index contributed by atoms with van der Waals surface area (Å²) in [7, 11) is 0. The van der Waals surface area contributed by atoms with E-state index in [4.69, 9.17) is 15.5 Å². The van der Waals surface area contributed by atoms with Gasteiger partial charge < -0.3 is 15.5 Å². The van der Waals surface area contributed by atoms with E-state index in [2.05, 4.69) is 22.4 Å². The molecule has 0 aromatic carbocycles. The molecule has 0 radical (unpaired) electrons. The number of fused-ring (bicyclic) bond motifs is 1. The van der Waals surface area contributed by atoms with Crippen molar-refractivity contribution in [3.8, 4) is 6.07 Å². The van der Waals surface area contributed by atoms with Crippen LogP contribution in [0.4, 0.5) is 0 Å². The first-order valence-electron chi connectivity index (χ1n) is 7.40. The van der Waals surface area contributed by atoms with E-state index in [1.165, 1.54) is 5.57 Å². The number of aromatic nitrogens is 1. The van der Waals surface area contributed by atoms with Gasteiger partial charge in [-0.3, -0.25) is 4.98 Å². The summed E-state index contributed by atoms with van der Waals surface area (Å²) in [6, 6.07) is 4.08. The van der Waals surface area contributed by atoms with Crippen molar-refractivity contribution < 1.29 is 19.8 Å². The zero-order valence-electron chi connectivity index (χ0n) is 12.8. The van der Waals surface area contributed by atoms with Crippen molar-refractivity contribution in [1.82, 2.24) is 10.3 Å². The number of rotatable bonds is 3. The molecule has 1 aliphatic heterocycles. The average Bonchev–Trinajstić information content (AvgIpc) is 3.15. The van der Waals surface area contributed by atoms with Gasteiger partial charge in [0.15, 0.2) is 0 Å². The van der Waals surface area contributed by atoms with Gasteiger partial charge in [0.05, 0.1) is 5.56 Å². The van der Waals surface area contributed by atoms with Crippen molar-refractivity contribution >= 4 is 17.5 Å². The lowest BCUT2D eigenvalue weighted by molar-refractivity contribution is -0.134. The molecular formula is C17H17N3O4. The van der Waals surface area contributed by atoms with Gasteiger partial charge in [-0.25, -0.2) is 9.59 Å². The number of nitriles is 1. The molecule has 3 N–H and O–H groups in total. The summed E-state index contributed by atoms with van der Waals surface area (Å²) in [5.41, 5.74) is 3.13. The van der Waals surface area contributed by atoms with Gasteiger partial charge in [-0.1, -0.05) is 6.08 Å². The Kier molecular flexibility index (Phi) is 5.82. The molecule has 1 aromatic rings. The number of carboxylic acid groups (broad SMARTS) is 2. The molecule has 0 unspecified atom stereocenters. The smallest absolute Gasteiger partial charge is 0.328 e. The number of hydrogen-bond acceptors (Lipinski definition) is 5. The predicted octanol–water partition coefficient (Wildman–Crippen LogP) is 1.29. The molecule has 124 valence electrons. The van der Waals surface area contributed by atoms with Gasteiger partial charge in [0.1, 0.15) is 6.07 Å². The highest BCUT2D eigenvalue weighted by molar-refractivity contribution is 5.89. The van der Waals surface area contributed by atoms with E-state index in [-0.39, 0.29) is 0 Å². The summed E-state index contributed by atoms with van der Waals surface area (Å²) < 4.78 is 0. The Hall–Kier alpha value is -2.98. The van der Waals surface area contributed by atoms with E-state index in [1.807, 2.05) is 12.3 Å². The van der Waals surface area contributed by atoms with Crippen LogP contribution in [-0.4, -0.2) is 40.2 Å². The molecule has 2 heterocycles. The molecule has 3 rings (SSSR count). The number of hydrogen-bond donors (Lipinski definition) is 3. The molecule has 2 aliphatic rings. The molecule has 1 aromatic heterocycles. The highest BCUT2D eigenvalue weighted by Crippen LogP contribution is 2.37. The lowest BCUT2D eigenvalue weighted by Gasteiger charge is -2.06. The van der Waals surface area contributed by atoms with Crippen LogP contribution < -0.4 is 5.32 Å². The average molecular weight is 327 g/mol. The standard InChI is InChI=1S/C13H13N3.C4H4O4/c14-4-9-1-11(6-15-5-9)10-2-12-7-16-8-13(12)3-10;5-3(6)1-2-4(7)8/h1-2,5-6,12-13,16H,3,7-8H2;1-2H,(H,5,6)(H,7,8)/t12-,13+;/m0./s1. The number of allylic oxidation sites excluding steroid dienone is 1. The number of carboxylic acids is 2. The van der Waals surface area contributed by atoms with Crippen LogP contribution in [0.2, 0.25) is 0 Å². The first-order valence-corrected chi connectivity index (χ1v) is 7.40. The van der Waals surface area contributed by atoms with Gasteiger partial charge in [-0.15, -0.1) is 0 Å². The van der Waals surface area contributed by atoms with E-state index < -0.39 is 11.9 Å². The molecule has 7 nitrogen and oxygen atoms in total. The normalized spacial score (nSPS) is 21.4. The maximum absolute atomic E-state index is 9.55. The Morgan fingerprint density at radius 3 is 2.54 bits per heavy atom. The van der Waals surface area contributed by atoms with Gasteiger partial charge in [0, 0.05) is 31.1 Å². The molecule has 1 saturated heterocycles. The Balaban J connectivity index is 0.000000224. The van der Waals surface area contributed by atoms with E-state index in [0.29, 0.717) is 23.6 Å². The van der Waals surface area contributed by atoms with E-state index >= 15 is 0 Å². The lowest BCUT2D eigenvalue weighted by atomic mass is 9.98. The van der Waals surface area contributed by atoms with Gasteiger partial charge in [-0.05, 0) is 42.0 Å². The van der Waals surface area contributed by atoms with Gasteiger partial charge in [0.2, 0.25) is 0 Å². The molecule has 1 aliphatic carbocycles. The van der Waals surface area contributed by atoms with Crippen LogP contribution in [0.25, 0.3) is 5.57 Å². The van der Waals surface area contributed by atoms with E-state index in [0.717, 1.165) is 31.0 Å². The summed E-state index contributed by atoms with van der Waals surface area (Å²) in [6.07, 6.45) is 8.06. The summed E-state index contributed by atoms with van der Waals surface area (Å²) in [5, 5.41) is 27.9. The third-order valence-corrected chi connectivity index (χ3v) is 3.90. The monoisotopic (exact) mass is 327 g/mol. The maximum Gasteiger partial charge on any atom is 0.328 e. The molecular weight excluding hydrogens is 310 g/mol. The number of nitrogens with one attached hydrogen (secondary N) is 1. The SMILES string of the molecule is N#Cc1cncc(C2=C[C@H]3CNC[C@H]3C2)c1.O=C(O)C=CC(=O)O. The summed E-state index contributed by atoms with van der Waals surface area (Å²) in [6.45, 7) is 2.22. The fourth-order valence-corrected chi connectivity index (χ4v) is 2.81. The number of pyridine rings is 1. The first kappa shape index (κ1) is 17.4. The van der Waals surface area contributed by atoms with Crippen LogP contribution in [0.5, 0.6) is 0 Å². The minimum atomic E-state index is -1.26.